The van der Waals surface area contributed by atoms with Gasteiger partial charge in [-0.15, -0.1) is 0 Å². The van der Waals surface area contributed by atoms with Crippen LogP contribution in [0.5, 0.6) is 0 Å². The van der Waals surface area contributed by atoms with Gasteiger partial charge in [0.2, 0.25) is 0 Å². The van der Waals surface area contributed by atoms with Crippen molar-refractivity contribution in [1.29, 1.82) is 0 Å². The number of rotatable bonds is 4. The number of nitro benzene ring substituents is 1. The molecule has 1 amide bonds. The summed E-state index contributed by atoms with van der Waals surface area (Å²) < 4.78 is 0. The van der Waals surface area contributed by atoms with Crippen molar-refractivity contribution in [2.45, 2.75) is 31.2 Å². The number of aliphatic carboxylic acids is 1. The first-order chi connectivity index (χ1) is 9.87. The number of carboxylic acid groups (broad SMARTS) is 1. The molecule has 0 radical (unpaired) electrons. The van der Waals surface area contributed by atoms with Crippen LogP contribution in [0.2, 0.25) is 5.02 Å². The Hall–Kier alpha value is -2.15. The highest BCUT2D eigenvalue weighted by Gasteiger charge is 2.43. The van der Waals surface area contributed by atoms with Crippen molar-refractivity contribution in [3.8, 4) is 0 Å². The zero-order valence-electron chi connectivity index (χ0n) is 11.0. The third kappa shape index (κ3) is 2.82. The molecule has 1 saturated carbocycles. The zero-order chi connectivity index (χ0) is 15.6. The fraction of sp³-hybridized carbons (Fsp3) is 0.385. The van der Waals surface area contributed by atoms with E-state index in [9.17, 15) is 24.8 Å². The maximum absolute atomic E-state index is 12.3. The summed E-state index contributed by atoms with van der Waals surface area (Å²) in [6.45, 7) is 0. The SMILES string of the molecule is O=C(NC1(C(=O)O)CCCC1)c1c(Cl)cccc1[N+](=O)[O-]. The van der Waals surface area contributed by atoms with E-state index in [4.69, 9.17) is 11.6 Å². The Kier molecular flexibility index (Phi) is 4.13. The molecule has 1 fully saturated rings. The first-order valence-electron chi connectivity index (χ1n) is 6.36. The maximum Gasteiger partial charge on any atom is 0.329 e. The molecule has 0 aromatic heterocycles. The van der Waals surface area contributed by atoms with Crippen LogP contribution in [-0.2, 0) is 4.79 Å². The van der Waals surface area contributed by atoms with Crippen LogP contribution in [0, 0.1) is 10.1 Å². The predicted octanol–water partition coefficient (Wildman–Crippen LogP) is 2.38. The van der Waals surface area contributed by atoms with Crippen LogP contribution in [0.15, 0.2) is 18.2 Å². The molecule has 0 unspecified atom stereocenters. The molecule has 0 saturated heterocycles. The normalized spacial score (nSPS) is 16.4. The van der Waals surface area contributed by atoms with Gasteiger partial charge < -0.3 is 10.4 Å². The summed E-state index contributed by atoms with van der Waals surface area (Å²) in [6.07, 6.45) is 1.95. The third-order valence-electron chi connectivity index (χ3n) is 3.63. The van der Waals surface area contributed by atoms with Crippen molar-refractivity contribution >= 4 is 29.2 Å². The van der Waals surface area contributed by atoms with Gasteiger partial charge in [0.05, 0.1) is 9.95 Å². The van der Waals surface area contributed by atoms with Gasteiger partial charge in [-0.1, -0.05) is 30.5 Å². The highest BCUT2D eigenvalue weighted by Crippen LogP contribution is 2.32. The van der Waals surface area contributed by atoms with Crippen molar-refractivity contribution in [1.82, 2.24) is 5.32 Å². The lowest BCUT2D eigenvalue weighted by molar-refractivity contribution is -0.385. The second kappa shape index (κ2) is 5.69. The van der Waals surface area contributed by atoms with Crippen LogP contribution in [0.1, 0.15) is 36.0 Å². The standard InChI is InChI=1S/C13H13ClN2O5/c14-8-4-3-5-9(16(20)21)10(8)11(17)15-13(12(18)19)6-1-2-7-13/h3-5H,1-2,6-7H2,(H,15,17)(H,18,19). The van der Waals surface area contributed by atoms with E-state index in [2.05, 4.69) is 5.32 Å². The molecule has 0 aliphatic heterocycles. The Morgan fingerprint density at radius 2 is 1.95 bits per heavy atom. The fourth-order valence-corrected chi connectivity index (χ4v) is 2.80. The molecule has 1 aromatic rings. The minimum Gasteiger partial charge on any atom is -0.480 e. The molecule has 1 aliphatic carbocycles. The fourth-order valence-electron chi connectivity index (χ4n) is 2.54. The van der Waals surface area contributed by atoms with Crippen molar-refractivity contribution in [2.24, 2.45) is 0 Å². The van der Waals surface area contributed by atoms with E-state index in [1.54, 1.807) is 0 Å². The average Bonchev–Trinajstić information content (AvgIpc) is 2.87. The highest BCUT2D eigenvalue weighted by molar-refractivity contribution is 6.34. The summed E-state index contributed by atoms with van der Waals surface area (Å²) in [5, 5.41) is 22.6. The molecule has 1 aliphatic rings. The summed E-state index contributed by atoms with van der Waals surface area (Å²) >= 11 is 5.87. The second-order valence-electron chi connectivity index (χ2n) is 4.94. The Balaban J connectivity index is 2.37. The van der Waals surface area contributed by atoms with E-state index in [1.807, 2.05) is 0 Å². The number of nitrogens with zero attached hydrogens (tertiary/aromatic N) is 1. The van der Waals surface area contributed by atoms with Crippen molar-refractivity contribution in [3.63, 3.8) is 0 Å². The van der Waals surface area contributed by atoms with E-state index in [-0.39, 0.29) is 10.6 Å². The summed E-state index contributed by atoms with van der Waals surface area (Å²) in [4.78, 5) is 34.0. The number of nitrogens with one attached hydrogen (secondary N) is 1. The van der Waals surface area contributed by atoms with Crippen LogP contribution in [0.4, 0.5) is 5.69 Å². The first-order valence-corrected chi connectivity index (χ1v) is 6.74. The number of hydrogen-bond donors (Lipinski definition) is 2. The summed E-state index contributed by atoms with van der Waals surface area (Å²) in [6, 6.07) is 3.87. The smallest absolute Gasteiger partial charge is 0.329 e. The van der Waals surface area contributed by atoms with E-state index in [0.717, 1.165) is 6.07 Å². The number of nitro groups is 1. The quantitative estimate of drug-likeness (QED) is 0.655. The number of carboxylic acids is 1. The van der Waals surface area contributed by atoms with Gasteiger partial charge >= 0.3 is 5.97 Å². The molecule has 21 heavy (non-hydrogen) atoms. The van der Waals surface area contributed by atoms with Gasteiger partial charge in [0.15, 0.2) is 0 Å². The Morgan fingerprint density at radius 3 is 2.48 bits per heavy atom. The lowest BCUT2D eigenvalue weighted by atomic mass is 9.97. The lowest BCUT2D eigenvalue weighted by Gasteiger charge is -2.25. The third-order valence-corrected chi connectivity index (χ3v) is 3.95. The molecule has 112 valence electrons. The van der Waals surface area contributed by atoms with Crippen LogP contribution in [0.25, 0.3) is 0 Å². The number of halogens is 1. The molecule has 8 heteroatoms. The zero-order valence-corrected chi connectivity index (χ0v) is 11.7. The molecule has 2 N–H and O–H groups in total. The largest absolute Gasteiger partial charge is 0.480 e. The molecule has 0 heterocycles. The minimum absolute atomic E-state index is 0.0831. The van der Waals surface area contributed by atoms with Gasteiger partial charge in [-0.05, 0) is 18.9 Å². The lowest BCUT2D eigenvalue weighted by Crippen LogP contribution is -2.52. The van der Waals surface area contributed by atoms with E-state index in [1.165, 1.54) is 12.1 Å². The Bertz CT molecular complexity index is 611. The van der Waals surface area contributed by atoms with Gasteiger partial charge in [0, 0.05) is 6.07 Å². The van der Waals surface area contributed by atoms with Gasteiger partial charge in [0.1, 0.15) is 11.1 Å². The van der Waals surface area contributed by atoms with Crippen LogP contribution in [-0.4, -0.2) is 27.4 Å². The Morgan fingerprint density at radius 1 is 1.33 bits per heavy atom. The number of carbonyl (C=O) groups excluding carboxylic acids is 1. The summed E-state index contributed by atoms with van der Waals surface area (Å²) in [7, 11) is 0. The molecular weight excluding hydrogens is 300 g/mol. The van der Waals surface area contributed by atoms with Crippen molar-refractivity contribution < 1.29 is 19.6 Å². The molecule has 0 spiro atoms. The average molecular weight is 313 g/mol. The number of carbonyl (C=O) groups is 2. The molecule has 1 aromatic carbocycles. The van der Waals surface area contributed by atoms with Crippen LogP contribution in [0.3, 0.4) is 0 Å². The van der Waals surface area contributed by atoms with Gasteiger partial charge in [0.25, 0.3) is 11.6 Å². The van der Waals surface area contributed by atoms with E-state index in [0.29, 0.717) is 25.7 Å². The summed E-state index contributed by atoms with van der Waals surface area (Å²) in [5.41, 5.74) is -2.13. The number of hydrogen-bond acceptors (Lipinski definition) is 4. The molecule has 7 nitrogen and oxygen atoms in total. The molecule has 0 atom stereocenters. The van der Waals surface area contributed by atoms with E-state index >= 15 is 0 Å². The molecule has 2 rings (SSSR count). The molecule has 0 bridgehead atoms. The van der Waals surface area contributed by atoms with Crippen molar-refractivity contribution in [2.75, 3.05) is 0 Å². The Labute approximate surface area is 125 Å². The highest BCUT2D eigenvalue weighted by atomic mass is 35.5. The monoisotopic (exact) mass is 312 g/mol. The van der Waals surface area contributed by atoms with Crippen molar-refractivity contribution in [3.05, 3.63) is 38.9 Å². The number of benzene rings is 1. The van der Waals surface area contributed by atoms with Crippen LogP contribution >= 0.6 is 11.6 Å². The number of amides is 1. The summed E-state index contributed by atoms with van der Waals surface area (Å²) in [5.74, 6) is -1.97. The topological polar surface area (TPSA) is 110 Å². The van der Waals surface area contributed by atoms with Gasteiger partial charge in [-0.25, -0.2) is 4.79 Å². The second-order valence-corrected chi connectivity index (χ2v) is 5.35. The predicted molar refractivity (Wildman–Crippen MR) is 74.4 cm³/mol. The maximum atomic E-state index is 12.3. The van der Waals surface area contributed by atoms with Gasteiger partial charge in [-0.2, -0.15) is 0 Å². The van der Waals surface area contributed by atoms with Gasteiger partial charge in [-0.3, -0.25) is 14.9 Å². The first kappa shape index (κ1) is 15.2. The molecular formula is C13H13ClN2O5. The minimum atomic E-state index is -1.37. The van der Waals surface area contributed by atoms with E-state index < -0.39 is 28.0 Å². The van der Waals surface area contributed by atoms with Crippen LogP contribution < -0.4 is 5.32 Å².